The standard InChI is InChI=1S/C13H19N3O3/c1-9(12(14)16-18)8-15-13(17)11(19-2)10-6-4-3-5-7-10/h3-7,9,11,18H,8H2,1-2H3,(H2,14,16)(H,15,17). The highest BCUT2D eigenvalue weighted by molar-refractivity contribution is 5.85. The third-order valence-corrected chi connectivity index (χ3v) is 2.78. The minimum Gasteiger partial charge on any atom is -0.409 e. The zero-order valence-corrected chi connectivity index (χ0v) is 11.0. The van der Waals surface area contributed by atoms with Crippen LogP contribution in [0.4, 0.5) is 0 Å². The first-order valence-electron chi connectivity index (χ1n) is 5.93. The van der Waals surface area contributed by atoms with Crippen molar-refractivity contribution in [2.75, 3.05) is 13.7 Å². The molecular weight excluding hydrogens is 246 g/mol. The molecule has 6 heteroatoms. The minimum absolute atomic E-state index is 0.0778. The fourth-order valence-electron chi connectivity index (χ4n) is 1.57. The number of nitrogens with two attached hydrogens (primary N) is 1. The molecule has 0 spiro atoms. The van der Waals surface area contributed by atoms with Crippen molar-refractivity contribution in [1.29, 1.82) is 0 Å². The first kappa shape index (κ1) is 15.0. The van der Waals surface area contributed by atoms with Crippen LogP contribution < -0.4 is 11.1 Å². The first-order chi connectivity index (χ1) is 9.10. The second-order valence-corrected chi connectivity index (χ2v) is 4.20. The molecule has 104 valence electrons. The summed E-state index contributed by atoms with van der Waals surface area (Å²) >= 11 is 0. The summed E-state index contributed by atoms with van der Waals surface area (Å²) in [4.78, 5) is 12.0. The number of hydrogen-bond donors (Lipinski definition) is 3. The van der Waals surface area contributed by atoms with Gasteiger partial charge in [-0.25, -0.2) is 0 Å². The fraction of sp³-hybridized carbons (Fsp3) is 0.385. The largest absolute Gasteiger partial charge is 0.409 e. The van der Waals surface area contributed by atoms with E-state index in [9.17, 15) is 4.79 Å². The highest BCUT2D eigenvalue weighted by atomic mass is 16.5. The van der Waals surface area contributed by atoms with Crippen LogP contribution in [-0.2, 0) is 9.53 Å². The first-order valence-corrected chi connectivity index (χ1v) is 5.93. The van der Waals surface area contributed by atoms with E-state index in [-0.39, 0.29) is 24.2 Å². The zero-order chi connectivity index (χ0) is 14.3. The number of rotatable bonds is 6. The number of oxime groups is 1. The predicted octanol–water partition coefficient (Wildman–Crippen LogP) is 0.873. The van der Waals surface area contributed by atoms with E-state index in [0.717, 1.165) is 5.56 Å². The number of nitrogens with zero attached hydrogens (tertiary/aromatic N) is 1. The average Bonchev–Trinajstić information content (AvgIpc) is 2.45. The van der Waals surface area contributed by atoms with E-state index < -0.39 is 6.10 Å². The number of benzene rings is 1. The third-order valence-electron chi connectivity index (χ3n) is 2.78. The second-order valence-electron chi connectivity index (χ2n) is 4.20. The Kier molecular flexibility index (Phi) is 5.81. The van der Waals surface area contributed by atoms with Crippen molar-refractivity contribution in [3.05, 3.63) is 35.9 Å². The van der Waals surface area contributed by atoms with Crippen LogP contribution in [0.25, 0.3) is 0 Å². The van der Waals surface area contributed by atoms with E-state index in [4.69, 9.17) is 15.7 Å². The Bertz CT molecular complexity index is 434. The molecule has 0 bridgehead atoms. The molecule has 0 heterocycles. The minimum atomic E-state index is -0.666. The number of amidine groups is 1. The maximum absolute atomic E-state index is 12.0. The van der Waals surface area contributed by atoms with Gasteiger partial charge in [-0.1, -0.05) is 42.4 Å². The molecule has 19 heavy (non-hydrogen) atoms. The van der Waals surface area contributed by atoms with Crippen LogP contribution in [0.1, 0.15) is 18.6 Å². The van der Waals surface area contributed by atoms with E-state index in [1.807, 2.05) is 30.3 Å². The summed E-state index contributed by atoms with van der Waals surface area (Å²) in [7, 11) is 1.48. The molecule has 0 fully saturated rings. The monoisotopic (exact) mass is 265 g/mol. The SMILES string of the molecule is COC(C(=O)NCC(C)/C(N)=N/O)c1ccccc1. The molecule has 1 rings (SSSR count). The van der Waals surface area contributed by atoms with E-state index in [2.05, 4.69) is 10.5 Å². The quantitative estimate of drug-likeness (QED) is 0.308. The van der Waals surface area contributed by atoms with E-state index in [0.29, 0.717) is 0 Å². The number of methoxy groups -OCH3 is 1. The van der Waals surface area contributed by atoms with Crippen LogP contribution >= 0.6 is 0 Å². The van der Waals surface area contributed by atoms with Gasteiger partial charge in [-0.05, 0) is 5.56 Å². The number of hydrogen-bond acceptors (Lipinski definition) is 4. The Hall–Kier alpha value is -2.08. The molecule has 0 aliphatic carbocycles. The van der Waals surface area contributed by atoms with Gasteiger partial charge >= 0.3 is 0 Å². The number of carbonyl (C=O) groups excluding carboxylic acids is 1. The van der Waals surface area contributed by atoms with Crippen LogP contribution in [0.5, 0.6) is 0 Å². The number of nitrogens with one attached hydrogen (secondary N) is 1. The van der Waals surface area contributed by atoms with Crippen molar-refractivity contribution in [3.63, 3.8) is 0 Å². The zero-order valence-electron chi connectivity index (χ0n) is 11.0. The molecule has 0 radical (unpaired) electrons. The molecule has 0 aromatic heterocycles. The summed E-state index contributed by atoms with van der Waals surface area (Å²) in [6, 6.07) is 9.19. The predicted molar refractivity (Wildman–Crippen MR) is 71.8 cm³/mol. The third kappa shape index (κ3) is 4.26. The molecule has 1 amide bonds. The molecule has 6 nitrogen and oxygen atoms in total. The molecule has 1 aromatic carbocycles. The van der Waals surface area contributed by atoms with Crippen molar-refractivity contribution in [2.24, 2.45) is 16.8 Å². The fourth-order valence-corrected chi connectivity index (χ4v) is 1.57. The summed E-state index contributed by atoms with van der Waals surface area (Å²) in [6.07, 6.45) is -0.666. The molecule has 2 atom stereocenters. The highest BCUT2D eigenvalue weighted by Crippen LogP contribution is 2.16. The molecule has 4 N–H and O–H groups in total. The average molecular weight is 265 g/mol. The van der Waals surface area contributed by atoms with Gasteiger partial charge in [0.15, 0.2) is 6.10 Å². The van der Waals surface area contributed by atoms with E-state index in [1.54, 1.807) is 6.92 Å². The topological polar surface area (TPSA) is 96.9 Å². The number of amides is 1. The lowest BCUT2D eigenvalue weighted by Gasteiger charge is -2.17. The Balaban J connectivity index is 2.61. The van der Waals surface area contributed by atoms with Crippen LogP contribution in [0.15, 0.2) is 35.5 Å². The number of ether oxygens (including phenoxy) is 1. The van der Waals surface area contributed by atoms with Crippen molar-refractivity contribution in [2.45, 2.75) is 13.0 Å². The van der Waals surface area contributed by atoms with Crippen molar-refractivity contribution in [3.8, 4) is 0 Å². The van der Waals surface area contributed by atoms with Gasteiger partial charge in [0.05, 0.1) is 0 Å². The van der Waals surface area contributed by atoms with Crippen LogP contribution in [0, 0.1) is 5.92 Å². The van der Waals surface area contributed by atoms with Gasteiger partial charge in [0.1, 0.15) is 5.84 Å². The summed E-state index contributed by atoms with van der Waals surface area (Å²) in [5.41, 5.74) is 6.22. The van der Waals surface area contributed by atoms with E-state index in [1.165, 1.54) is 7.11 Å². The van der Waals surface area contributed by atoms with Gasteiger partial charge in [0, 0.05) is 19.6 Å². The molecule has 1 aromatic rings. The molecule has 0 aliphatic rings. The highest BCUT2D eigenvalue weighted by Gasteiger charge is 2.20. The van der Waals surface area contributed by atoms with E-state index >= 15 is 0 Å². The molecule has 0 saturated heterocycles. The lowest BCUT2D eigenvalue weighted by atomic mass is 10.1. The van der Waals surface area contributed by atoms with Gasteiger partial charge in [0.25, 0.3) is 5.91 Å². The second kappa shape index (κ2) is 7.38. The van der Waals surface area contributed by atoms with Gasteiger partial charge in [0.2, 0.25) is 0 Å². The van der Waals surface area contributed by atoms with Crippen molar-refractivity contribution < 1.29 is 14.7 Å². The molecular formula is C13H19N3O3. The Morgan fingerprint density at radius 1 is 1.47 bits per heavy atom. The van der Waals surface area contributed by atoms with Crippen molar-refractivity contribution >= 4 is 11.7 Å². The molecule has 0 aliphatic heterocycles. The molecule has 0 saturated carbocycles. The summed E-state index contributed by atoms with van der Waals surface area (Å²) in [6.45, 7) is 2.03. The Labute approximate surface area is 112 Å². The molecule has 2 unspecified atom stereocenters. The summed E-state index contributed by atoms with van der Waals surface area (Å²) in [5, 5.41) is 14.1. The number of carbonyl (C=O) groups is 1. The Morgan fingerprint density at radius 3 is 2.63 bits per heavy atom. The summed E-state index contributed by atoms with van der Waals surface area (Å²) < 4.78 is 5.19. The normalized spacial score (nSPS) is 14.7. The summed E-state index contributed by atoms with van der Waals surface area (Å²) in [5.74, 6) is -0.428. The van der Waals surface area contributed by atoms with Crippen LogP contribution in [-0.4, -0.2) is 30.6 Å². The van der Waals surface area contributed by atoms with Gasteiger partial charge in [-0.2, -0.15) is 0 Å². The van der Waals surface area contributed by atoms with Crippen LogP contribution in [0.2, 0.25) is 0 Å². The van der Waals surface area contributed by atoms with Gasteiger partial charge in [-0.15, -0.1) is 0 Å². The van der Waals surface area contributed by atoms with Gasteiger partial charge in [-0.3, -0.25) is 4.79 Å². The van der Waals surface area contributed by atoms with Crippen LogP contribution in [0.3, 0.4) is 0 Å². The van der Waals surface area contributed by atoms with Gasteiger partial charge < -0.3 is 21.0 Å². The smallest absolute Gasteiger partial charge is 0.253 e. The Morgan fingerprint density at radius 2 is 2.11 bits per heavy atom. The van der Waals surface area contributed by atoms with Crippen molar-refractivity contribution in [1.82, 2.24) is 5.32 Å². The maximum Gasteiger partial charge on any atom is 0.253 e. The lowest BCUT2D eigenvalue weighted by Crippen LogP contribution is -2.37. The lowest BCUT2D eigenvalue weighted by molar-refractivity contribution is -0.131. The maximum atomic E-state index is 12.0.